The molecule has 0 radical (unpaired) electrons. The summed E-state index contributed by atoms with van der Waals surface area (Å²) in [7, 11) is 0. The van der Waals surface area contributed by atoms with Gasteiger partial charge in [0.2, 0.25) is 0 Å². The van der Waals surface area contributed by atoms with E-state index in [-0.39, 0.29) is 0 Å². The van der Waals surface area contributed by atoms with Gasteiger partial charge in [-0.25, -0.2) is 4.79 Å². The van der Waals surface area contributed by atoms with Gasteiger partial charge in [-0.15, -0.1) is 0 Å². The highest BCUT2D eigenvalue weighted by Gasteiger charge is 2.26. The number of nitrogens with zero attached hydrogens (tertiary/aromatic N) is 1. The van der Waals surface area contributed by atoms with E-state index in [1.54, 1.807) is 31.2 Å². The molecular formula is C13H18N2O3S. The minimum atomic E-state index is -1.33. The molecule has 1 rings (SSSR count). The molecule has 6 heteroatoms. The van der Waals surface area contributed by atoms with Gasteiger partial charge in [-0.3, -0.25) is 5.32 Å². The van der Waals surface area contributed by atoms with Crippen LogP contribution in [0.2, 0.25) is 0 Å². The van der Waals surface area contributed by atoms with Gasteiger partial charge in [0.25, 0.3) is 0 Å². The van der Waals surface area contributed by atoms with E-state index >= 15 is 0 Å². The van der Waals surface area contributed by atoms with Crippen molar-refractivity contribution in [2.75, 3.05) is 5.32 Å². The molecule has 0 fully saturated rings. The summed E-state index contributed by atoms with van der Waals surface area (Å²) in [6, 6.07) is 6.82. The predicted molar refractivity (Wildman–Crippen MR) is 78.2 cm³/mol. The first-order valence-electron chi connectivity index (χ1n) is 5.78. The number of rotatable bonds is 3. The van der Waals surface area contributed by atoms with Crippen LogP contribution in [0.25, 0.3) is 0 Å². The number of carbonyl (C=O) groups is 1. The molecule has 1 amide bonds. The third-order valence-electron chi connectivity index (χ3n) is 2.28. The summed E-state index contributed by atoms with van der Waals surface area (Å²) in [6.07, 6.45) is -1.12. The third kappa shape index (κ3) is 4.92. The number of benzene rings is 1. The van der Waals surface area contributed by atoms with Crippen molar-refractivity contribution >= 4 is 28.9 Å². The molecule has 1 aromatic rings. The van der Waals surface area contributed by atoms with Crippen LogP contribution in [-0.2, 0) is 11.4 Å². The lowest BCUT2D eigenvalue weighted by Crippen LogP contribution is -2.26. The monoisotopic (exact) mass is 282 g/mol. The topological polar surface area (TPSA) is 84.8 Å². The number of carboxylic acid groups (broad SMARTS) is 1. The average Bonchev–Trinajstić information content (AvgIpc) is 2.27. The zero-order valence-corrected chi connectivity index (χ0v) is 12.2. The predicted octanol–water partition coefficient (Wildman–Crippen LogP) is 3.05. The fourth-order valence-corrected chi connectivity index (χ4v) is 1.89. The second kappa shape index (κ2) is 6.08. The van der Waals surface area contributed by atoms with Crippen molar-refractivity contribution in [3.8, 4) is 0 Å². The Balaban J connectivity index is 2.96. The Morgan fingerprint density at radius 3 is 2.58 bits per heavy atom. The zero-order chi connectivity index (χ0) is 14.6. The van der Waals surface area contributed by atoms with Gasteiger partial charge < -0.3 is 9.66 Å². The highest BCUT2D eigenvalue weighted by Crippen LogP contribution is 2.19. The lowest BCUT2D eigenvalue weighted by Gasteiger charge is -2.18. The van der Waals surface area contributed by atoms with Gasteiger partial charge in [-0.05, 0) is 39.8 Å². The molecule has 104 valence electrons. The van der Waals surface area contributed by atoms with Gasteiger partial charge >= 0.3 is 6.09 Å². The van der Waals surface area contributed by atoms with E-state index in [0.29, 0.717) is 11.4 Å². The Bertz CT molecular complexity index is 495. The molecule has 0 saturated carbocycles. The van der Waals surface area contributed by atoms with Gasteiger partial charge in [0.1, 0.15) is 16.1 Å². The number of hydrogen-bond donors (Lipinski definition) is 2. The maximum absolute atomic E-state index is 11.9. The molecule has 0 heterocycles. The number of anilines is 1. The number of nitrogens with one attached hydrogen (secondary N) is 1. The van der Waals surface area contributed by atoms with Crippen LogP contribution in [-0.4, -0.2) is 26.2 Å². The fourth-order valence-electron chi connectivity index (χ4n) is 1.26. The first-order valence-corrected chi connectivity index (χ1v) is 6.88. The maximum Gasteiger partial charge on any atom is 0.409 e. The third-order valence-corrected chi connectivity index (χ3v) is 3.76. The van der Waals surface area contributed by atoms with Gasteiger partial charge in [-0.2, -0.15) is 0 Å². The molecule has 19 heavy (non-hydrogen) atoms. The molecule has 0 bridgehead atoms. The summed E-state index contributed by atoms with van der Waals surface area (Å²) in [4.78, 5) is 10.6. The van der Waals surface area contributed by atoms with E-state index in [1.165, 1.54) is 0 Å². The van der Waals surface area contributed by atoms with Crippen LogP contribution in [0.1, 0.15) is 33.3 Å². The van der Waals surface area contributed by atoms with Gasteiger partial charge in [-0.1, -0.05) is 16.5 Å². The van der Waals surface area contributed by atoms with Crippen LogP contribution in [0.4, 0.5) is 10.5 Å². The molecule has 5 nitrogen and oxygen atoms in total. The van der Waals surface area contributed by atoms with E-state index in [0.717, 1.165) is 5.56 Å². The summed E-state index contributed by atoms with van der Waals surface area (Å²) >= 11 is -1.33. The number of amides is 1. The molecule has 0 saturated heterocycles. The summed E-state index contributed by atoms with van der Waals surface area (Å²) in [5, 5.41) is 10.9. The van der Waals surface area contributed by atoms with Crippen molar-refractivity contribution in [2.45, 2.75) is 32.4 Å². The lowest BCUT2D eigenvalue weighted by atomic mass is 10.1. The van der Waals surface area contributed by atoms with Crippen LogP contribution in [0, 0.1) is 0 Å². The largest absolute Gasteiger partial charge is 0.591 e. The second-order valence-corrected chi connectivity index (χ2v) is 6.95. The minimum absolute atomic E-state index is 0.418. The normalized spacial score (nSPS) is 14.1. The summed E-state index contributed by atoms with van der Waals surface area (Å²) in [5.74, 6) is 0. The van der Waals surface area contributed by atoms with Crippen molar-refractivity contribution in [1.29, 1.82) is 0 Å². The maximum atomic E-state index is 11.9. The Hall–Kier alpha value is -1.53. The van der Waals surface area contributed by atoms with E-state index in [2.05, 4.69) is 9.71 Å². The van der Waals surface area contributed by atoms with Gasteiger partial charge in [0, 0.05) is 11.3 Å². The molecular weight excluding hydrogens is 264 g/mol. The van der Waals surface area contributed by atoms with Crippen molar-refractivity contribution in [3.63, 3.8) is 0 Å². The Labute approximate surface area is 116 Å². The molecule has 1 atom stereocenters. The van der Waals surface area contributed by atoms with Crippen LogP contribution < -0.4 is 5.32 Å². The smallest absolute Gasteiger partial charge is 0.409 e. The van der Waals surface area contributed by atoms with Gasteiger partial charge in [0.15, 0.2) is 0 Å². The van der Waals surface area contributed by atoms with Crippen LogP contribution >= 0.6 is 0 Å². The molecule has 0 aromatic heterocycles. The summed E-state index contributed by atoms with van der Waals surface area (Å²) in [6.45, 7) is 7.30. The van der Waals surface area contributed by atoms with Crippen LogP contribution in [0.3, 0.4) is 0 Å². The quantitative estimate of drug-likeness (QED) is 0.660. The summed E-state index contributed by atoms with van der Waals surface area (Å²) < 4.78 is 15.7. The molecule has 0 spiro atoms. The Kier molecular flexibility index (Phi) is 4.97. The van der Waals surface area contributed by atoms with Crippen molar-refractivity contribution in [3.05, 3.63) is 29.8 Å². The van der Waals surface area contributed by atoms with E-state index in [1.807, 2.05) is 20.8 Å². The van der Waals surface area contributed by atoms with E-state index < -0.39 is 22.2 Å². The zero-order valence-electron chi connectivity index (χ0n) is 11.4. The van der Waals surface area contributed by atoms with Crippen molar-refractivity contribution < 1.29 is 14.5 Å². The first-order chi connectivity index (χ1) is 8.70. The molecule has 0 unspecified atom stereocenters. The molecule has 1 aromatic carbocycles. The second-order valence-electron chi connectivity index (χ2n) is 5.05. The molecule has 2 N–H and O–H groups in total. The highest BCUT2D eigenvalue weighted by atomic mass is 32.2. The standard InChI is InChI=1S/C13H18N2O3S/c1-9(15-19(18)13(2,3)4)10-6-5-7-11(8-10)14-12(16)17/h5-8,14H,1-4H3,(H,16,17)/b15-9+/t19-/m1/s1. The lowest BCUT2D eigenvalue weighted by molar-refractivity contribution is 0.210. The molecule has 0 aliphatic heterocycles. The first kappa shape index (κ1) is 15.5. The molecule has 0 aliphatic rings. The Morgan fingerprint density at radius 1 is 1.42 bits per heavy atom. The van der Waals surface area contributed by atoms with Crippen molar-refractivity contribution in [1.82, 2.24) is 0 Å². The van der Waals surface area contributed by atoms with E-state index in [9.17, 15) is 9.35 Å². The fraction of sp³-hybridized carbons (Fsp3) is 0.385. The minimum Gasteiger partial charge on any atom is -0.591 e. The van der Waals surface area contributed by atoms with Crippen LogP contribution in [0.5, 0.6) is 0 Å². The molecule has 0 aliphatic carbocycles. The Morgan fingerprint density at radius 2 is 2.05 bits per heavy atom. The number of hydrogen-bond acceptors (Lipinski definition) is 3. The van der Waals surface area contributed by atoms with E-state index in [4.69, 9.17) is 5.11 Å². The van der Waals surface area contributed by atoms with Gasteiger partial charge in [0.05, 0.1) is 5.71 Å². The highest BCUT2D eigenvalue weighted by molar-refractivity contribution is 7.91. The summed E-state index contributed by atoms with van der Waals surface area (Å²) in [5.41, 5.74) is 1.81. The SMILES string of the molecule is C/C(=N\[S@+]([O-])C(C)(C)C)c1cccc(NC(=O)O)c1. The van der Waals surface area contributed by atoms with Crippen LogP contribution in [0.15, 0.2) is 28.7 Å². The average molecular weight is 282 g/mol. The van der Waals surface area contributed by atoms with Crippen molar-refractivity contribution in [2.24, 2.45) is 4.40 Å².